The molecule has 3 rings (SSSR count). The lowest BCUT2D eigenvalue weighted by Crippen LogP contribution is -2.30. The van der Waals surface area contributed by atoms with E-state index in [1.807, 2.05) is 0 Å². The van der Waals surface area contributed by atoms with Crippen LogP contribution >= 0.6 is 0 Å². The number of hydrogen-bond acceptors (Lipinski definition) is 0. The highest BCUT2D eigenvalue weighted by Gasteiger charge is 2.03. The van der Waals surface area contributed by atoms with Crippen LogP contribution in [0.5, 0.6) is 0 Å². The molecule has 0 radical (unpaired) electrons. The van der Waals surface area contributed by atoms with Gasteiger partial charge >= 0.3 is 0 Å². The van der Waals surface area contributed by atoms with Gasteiger partial charge in [0.15, 0.2) is 0 Å². The maximum absolute atomic E-state index is 2.23. The summed E-state index contributed by atoms with van der Waals surface area (Å²) < 4.78 is 0. The molecule has 2 aliphatic rings. The quantitative estimate of drug-likeness (QED) is 0.546. The van der Waals surface area contributed by atoms with Gasteiger partial charge in [-0.15, -0.1) is 0 Å². The molecule has 2 aliphatic carbocycles. The van der Waals surface area contributed by atoms with Gasteiger partial charge in [0, 0.05) is 0 Å². The Labute approximate surface area is 77.2 Å². The average Bonchev–Trinajstić information content (AvgIpc) is 2.65. The monoisotopic (exact) mass is 166 g/mol. The fourth-order valence-corrected chi connectivity index (χ4v) is 2.01. The van der Waals surface area contributed by atoms with E-state index >= 15 is 0 Å². The third-order valence-corrected chi connectivity index (χ3v) is 2.69. The van der Waals surface area contributed by atoms with Gasteiger partial charge in [0.05, 0.1) is 0 Å². The average molecular weight is 166 g/mol. The van der Waals surface area contributed by atoms with E-state index in [2.05, 4.69) is 48.6 Å². The van der Waals surface area contributed by atoms with Gasteiger partial charge < -0.3 is 0 Å². The second kappa shape index (κ2) is 2.46. The molecule has 13 heavy (non-hydrogen) atoms. The molecule has 62 valence electrons. The van der Waals surface area contributed by atoms with Crippen molar-refractivity contribution in [3.05, 3.63) is 51.9 Å². The first-order chi connectivity index (χ1) is 6.45. The van der Waals surface area contributed by atoms with Gasteiger partial charge in [0.25, 0.3) is 0 Å². The first-order valence-corrected chi connectivity index (χ1v) is 4.62. The van der Waals surface area contributed by atoms with Gasteiger partial charge in [-0.2, -0.15) is 0 Å². The highest BCUT2D eigenvalue weighted by molar-refractivity contribution is 5.68. The molecular weight excluding hydrogens is 156 g/mol. The second-order valence-electron chi connectivity index (χ2n) is 3.47. The summed E-state index contributed by atoms with van der Waals surface area (Å²) in [7, 11) is 0. The second-order valence-corrected chi connectivity index (χ2v) is 3.47. The minimum absolute atomic E-state index is 1.08. The summed E-state index contributed by atoms with van der Waals surface area (Å²) in [6.07, 6.45) is 14.1. The topological polar surface area (TPSA) is 0 Å². The Bertz CT molecular complexity index is 528. The maximum Gasteiger partial charge on any atom is -0.00882 e. The summed E-state index contributed by atoms with van der Waals surface area (Å²) >= 11 is 0. The molecule has 0 saturated carbocycles. The molecule has 0 bridgehead atoms. The molecular formula is C13H10. The van der Waals surface area contributed by atoms with Crippen molar-refractivity contribution in [3.8, 4) is 0 Å². The minimum atomic E-state index is 1.08. The van der Waals surface area contributed by atoms with Gasteiger partial charge in [-0.1, -0.05) is 48.6 Å². The number of fused-ring (bicyclic) bond motifs is 3. The minimum Gasteiger partial charge on any atom is -0.0801 e. The molecule has 0 aliphatic heterocycles. The van der Waals surface area contributed by atoms with Gasteiger partial charge in [0.2, 0.25) is 0 Å². The van der Waals surface area contributed by atoms with Crippen LogP contribution in [0.25, 0.3) is 18.2 Å². The van der Waals surface area contributed by atoms with Crippen molar-refractivity contribution in [1.82, 2.24) is 0 Å². The SMILES string of the molecule is C1=CCc2ccc3c(c2=C1)=CC=C3. The van der Waals surface area contributed by atoms with Crippen molar-refractivity contribution in [2.45, 2.75) is 6.42 Å². The van der Waals surface area contributed by atoms with Crippen molar-refractivity contribution in [2.75, 3.05) is 0 Å². The van der Waals surface area contributed by atoms with E-state index in [1.165, 1.54) is 21.6 Å². The number of hydrogen-bond donors (Lipinski definition) is 0. The summed E-state index contributed by atoms with van der Waals surface area (Å²) in [4.78, 5) is 0. The maximum atomic E-state index is 2.23. The molecule has 0 unspecified atom stereocenters. The van der Waals surface area contributed by atoms with E-state index in [9.17, 15) is 0 Å². The van der Waals surface area contributed by atoms with Crippen LogP contribution < -0.4 is 10.4 Å². The first kappa shape index (κ1) is 6.90. The van der Waals surface area contributed by atoms with E-state index < -0.39 is 0 Å². The largest absolute Gasteiger partial charge is 0.0801 e. The number of allylic oxidation sites excluding steroid dienone is 3. The molecule has 0 N–H and O–H groups in total. The predicted molar refractivity (Wildman–Crippen MR) is 56.5 cm³/mol. The van der Waals surface area contributed by atoms with E-state index in [1.54, 1.807) is 0 Å². The first-order valence-electron chi connectivity index (χ1n) is 4.62. The Morgan fingerprint density at radius 2 is 1.85 bits per heavy atom. The highest BCUT2D eigenvalue weighted by Crippen LogP contribution is 2.04. The van der Waals surface area contributed by atoms with Crippen LogP contribution in [0.3, 0.4) is 0 Å². The van der Waals surface area contributed by atoms with Crippen molar-refractivity contribution in [3.63, 3.8) is 0 Å². The smallest absolute Gasteiger partial charge is 0.00882 e. The van der Waals surface area contributed by atoms with E-state index in [4.69, 9.17) is 0 Å². The van der Waals surface area contributed by atoms with E-state index in [0.29, 0.717) is 0 Å². The number of benzene rings is 1. The van der Waals surface area contributed by atoms with Gasteiger partial charge in [-0.25, -0.2) is 0 Å². The van der Waals surface area contributed by atoms with E-state index in [-0.39, 0.29) is 0 Å². The summed E-state index contributed by atoms with van der Waals surface area (Å²) in [5.74, 6) is 0. The fraction of sp³-hybridized carbons (Fsp3) is 0.0769. The fourth-order valence-electron chi connectivity index (χ4n) is 2.01. The Morgan fingerprint density at radius 3 is 2.85 bits per heavy atom. The highest BCUT2D eigenvalue weighted by atomic mass is 14.1. The van der Waals surface area contributed by atoms with E-state index in [0.717, 1.165) is 6.42 Å². The summed E-state index contributed by atoms with van der Waals surface area (Å²) in [6.45, 7) is 0. The zero-order chi connectivity index (χ0) is 8.67. The molecule has 0 nitrogen and oxygen atoms in total. The van der Waals surface area contributed by atoms with Crippen LogP contribution in [0, 0.1) is 0 Å². The molecule has 0 heterocycles. The molecule has 0 atom stereocenters. The Kier molecular flexibility index (Phi) is 1.31. The van der Waals surface area contributed by atoms with Crippen LogP contribution in [0.1, 0.15) is 11.1 Å². The zero-order valence-corrected chi connectivity index (χ0v) is 7.33. The Balaban J connectivity index is 2.51. The van der Waals surface area contributed by atoms with Crippen molar-refractivity contribution < 1.29 is 0 Å². The third-order valence-electron chi connectivity index (χ3n) is 2.69. The Hall–Kier alpha value is -1.56. The van der Waals surface area contributed by atoms with Crippen LogP contribution in [0.4, 0.5) is 0 Å². The third kappa shape index (κ3) is 0.919. The summed E-state index contributed by atoms with van der Waals surface area (Å²) in [6, 6.07) is 4.44. The lowest BCUT2D eigenvalue weighted by molar-refractivity contribution is 1.21. The Morgan fingerprint density at radius 1 is 0.923 bits per heavy atom. The number of rotatable bonds is 0. The summed E-state index contributed by atoms with van der Waals surface area (Å²) in [5.41, 5.74) is 2.80. The van der Waals surface area contributed by atoms with Crippen molar-refractivity contribution >= 4 is 18.2 Å². The molecule has 0 aromatic heterocycles. The van der Waals surface area contributed by atoms with Crippen LogP contribution in [-0.4, -0.2) is 0 Å². The molecule has 0 saturated heterocycles. The van der Waals surface area contributed by atoms with Crippen LogP contribution in [-0.2, 0) is 6.42 Å². The molecule has 0 heteroatoms. The van der Waals surface area contributed by atoms with Gasteiger partial charge in [-0.3, -0.25) is 0 Å². The molecule has 0 amide bonds. The van der Waals surface area contributed by atoms with Crippen LogP contribution in [0.2, 0.25) is 0 Å². The zero-order valence-electron chi connectivity index (χ0n) is 7.33. The van der Waals surface area contributed by atoms with Crippen molar-refractivity contribution in [1.29, 1.82) is 0 Å². The molecule has 1 aromatic rings. The standard InChI is InChI=1S/C13H10/c1-2-6-12-10(4-1)8-9-11-5-3-7-13(11)12/h1-3,5-9H,4H2. The molecule has 0 fully saturated rings. The summed E-state index contributed by atoms with van der Waals surface area (Å²) in [5, 5.41) is 2.80. The lowest BCUT2D eigenvalue weighted by atomic mass is 10.0. The van der Waals surface area contributed by atoms with Crippen LogP contribution in [0.15, 0.2) is 30.4 Å². The lowest BCUT2D eigenvalue weighted by Gasteiger charge is -2.04. The normalized spacial score (nSPS) is 16.0. The van der Waals surface area contributed by atoms with Crippen molar-refractivity contribution in [2.24, 2.45) is 0 Å². The van der Waals surface area contributed by atoms with Gasteiger partial charge in [-0.05, 0) is 28.0 Å². The molecule has 0 spiro atoms. The molecule has 1 aromatic carbocycles. The predicted octanol–water partition coefficient (Wildman–Crippen LogP) is 1.39. The van der Waals surface area contributed by atoms with Gasteiger partial charge in [0.1, 0.15) is 0 Å².